The summed E-state index contributed by atoms with van der Waals surface area (Å²) < 4.78 is 0. The van der Waals surface area contributed by atoms with E-state index in [1.165, 1.54) is 89.9 Å². The number of alkyl halides is 4. The molecule has 10 atom stereocenters. The molecule has 0 aromatic heterocycles. The Kier molecular flexibility index (Phi) is 51.5. The minimum atomic E-state index is -1.02. The van der Waals surface area contributed by atoms with Crippen LogP contribution in [0.3, 0.4) is 0 Å². The number of carbonyl (C=O) groups excluding carboxylic acids is 4. The zero-order valence-corrected chi connectivity index (χ0v) is 53.6. The highest BCUT2D eigenvalue weighted by atomic mass is 35.5. The molecule has 4 amide bonds. The zero-order chi connectivity index (χ0) is 56.6. The standard InChI is InChI=1S/C64H122Cl4N4O4/c1-9-17-25-51(13-5)45-55(33-37-65)29-21-41-69-61(73)49-59(63(75)71-43-23-31-57(35-39-67)47-53(15-7)27-19-11-3)60(64(76)72-44-24-32-58(36-40-68)48-54(16-8)28-20-12-4)50-62(74)70-42-22-30-56(34-38-66)46-52(14-6)26-18-10-2/h51-60H,9-50H2,1-8H3,(H,69,73)(H,70,74)(H,71,75)(H,72,76). The second kappa shape index (κ2) is 52.1. The topological polar surface area (TPSA) is 116 Å². The van der Waals surface area contributed by atoms with E-state index < -0.39 is 11.8 Å². The molecule has 12 heteroatoms. The maximum Gasteiger partial charge on any atom is 0.224 e. The predicted molar refractivity (Wildman–Crippen MR) is 332 cm³/mol. The van der Waals surface area contributed by atoms with E-state index in [9.17, 15) is 19.2 Å². The summed E-state index contributed by atoms with van der Waals surface area (Å²) >= 11 is 25.3. The number of hydrogen-bond donors (Lipinski definition) is 4. The van der Waals surface area contributed by atoms with Crippen molar-refractivity contribution in [2.75, 3.05) is 49.7 Å². The van der Waals surface area contributed by atoms with E-state index in [4.69, 9.17) is 46.4 Å². The molecule has 0 heterocycles. The van der Waals surface area contributed by atoms with Crippen LogP contribution in [0.1, 0.15) is 274 Å². The van der Waals surface area contributed by atoms with Gasteiger partial charge in [-0.25, -0.2) is 0 Å². The normalized spacial score (nSPS) is 15.7. The molecule has 0 radical (unpaired) electrons. The van der Waals surface area contributed by atoms with E-state index in [0.29, 0.717) is 97.0 Å². The van der Waals surface area contributed by atoms with Crippen molar-refractivity contribution in [3.05, 3.63) is 0 Å². The number of halogens is 4. The van der Waals surface area contributed by atoms with Crippen molar-refractivity contribution < 1.29 is 19.2 Å². The van der Waals surface area contributed by atoms with Crippen molar-refractivity contribution in [3.63, 3.8) is 0 Å². The molecule has 0 aliphatic rings. The zero-order valence-electron chi connectivity index (χ0n) is 50.6. The molecule has 450 valence electrons. The highest BCUT2D eigenvalue weighted by Gasteiger charge is 2.37. The molecule has 0 rings (SSSR count). The number of hydrogen-bond acceptors (Lipinski definition) is 4. The first kappa shape index (κ1) is 75.0. The highest BCUT2D eigenvalue weighted by molar-refractivity contribution is 6.18. The van der Waals surface area contributed by atoms with Gasteiger partial charge in [-0.1, -0.05) is 158 Å². The first-order valence-electron chi connectivity index (χ1n) is 32.2. The third-order valence-corrected chi connectivity index (χ3v) is 18.2. The summed E-state index contributed by atoms with van der Waals surface area (Å²) in [5.74, 6) is 3.86. The summed E-state index contributed by atoms with van der Waals surface area (Å²) in [5, 5.41) is 12.6. The fraction of sp³-hybridized carbons (Fsp3) is 0.938. The van der Waals surface area contributed by atoms with Gasteiger partial charge in [0, 0.05) is 62.5 Å². The van der Waals surface area contributed by atoms with Crippen LogP contribution < -0.4 is 21.3 Å². The summed E-state index contributed by atoms with van der Waals surface area (Å²) in [5.41, 5.74) is 0. The third-order valence-electron chi connectivity index (χ3n) is 17.3. The lowest BCUT2D eigenvalue weighted by atomic mass is 9.83. The minimum Gasteiger partial charge on any atom is -0.356 e. The molecule has 0 saturated heterocycles. The van der Waals surface area contributed by atoms with Gasteiger partial charge in [-0.3, -0.25) is 19.2 Å². The summed E-state index contributed by atoms with van der Waals surface area (Å²) in [6.07, 6.45) is 34.4. The van der Waals surface area contributed by atoms with Crippen molar-refractivity contribution in [3.8, 4) is 0 Å². The van der Waals surface area contributed by atoms with E-state index >= 15 is 0 Å². The molecule has 0 aromatic rings. The van der Waals surface area contributed by atoms with Crippen LogP contribution in [0.5, 0.6) is 0 Å². The van der Waals surface area contributed by atoms with Gasteiger partial charge in [0.25, 0.3) is 0 Å². The Balaban J connectivity index is 6.62. The molecule has 4 N–H and O–H groups in total. The van der Waals surface area contributed by atoms with Gasteiger partial charge in [0.15, 0.2) is 0 Å². The molecule has 0 aromatic carbocycles. The second-order valence-corrected chi connectivity index (χ2v) is 25.0. The number of nitrogens with one attached hydrogen (secondary N) is 4. The van der Waals surface area contributed by atoms with Gasteiger partial charge in [-0.15, -0.1) is 46.4 Å². The Morgan fingerprint density at radius 1 is 0.303 bits per heavy atom. The van der Waals surface area contributed by atoms with Crippen molar-refractivity contribution in [2.45, 2.75) is 274 Å². The average Bonchev–Trinajstić information content (AvgIpc) is 3.41. The van der Waals surface area contributed by atoms with E-state index in [-0.39, 0.29) is 36.5 Å². The van der Waals surface area contributed by atoms with E-state index in [1.54, 1.807) is 0 Å². The Bertz CT molecular complexity index is 1280. The van der Waals surface area contributed by atoms with Gasteiger partial charge < -0.3 is 21.3 Å². The molecule has 0 aliphatic heterocycles. The van der Waals surface area contributed by atoms with Crippen LogP contribution in [0, 0.1) is 59.2 Å². The summed E-state index contributed by atoms with van der Waals surface area (Å²) in [6, 6.07) is 0. The lowest BCUT2D eigenvalue weighted by Gasteiger charge is -2.26. The Hall–Kier alpha value is -0.960. The Labute approximate surface area is 490 Å². The quantitative estimate of drug-likeness (QED) is 0.0359. The van der Waals surface area contributed by atoms with Gasteiger partial charge in [-0.2, -0.15) is 0 Å². The number of carbonyl (C=O) groups is 4. The van der Waals surface area contributed by atoms with Crippen LogP contribution in [0.15, 0.2) is 0 Å². The lowest BCUT2D eigenvalue weighted by Crippen LogP contribution is -2.46. The fourth-order valence-electron chi connectivity index (χ4n) is 12.0. The van der Waals surface area contributed by atoms with Crippen molar-refractivity contribution in [2.24, 2.45) is 59.2 Å². The first-order valence-corrected chi connectivity index (χ1v) is 34.3. The summed E-state index contributed by atoms with van der Waals surface area (Å²) in [6.45, 7) is 19.9. The molecular weight excluding hydrogens is 1030 g/mol. The minimum absolute atomic E-state index is 0.174. The van der Waals surface area contributed by atoms with Crippen LogP contribution >= 0.6 is 46.4 Å². The third kappa shape index (κ3) is 38.6. The van der Waals surface area contributed by atoms with Gasteiger partial charge in [0.1, 0.15) is 0 Å². The van der Waals surface area contributed by atoms with Gasteiger partial charge in [0.2, 0.25) is 23.6 Å². The molecule has 0 saturated carbocycles. The van der Waals surface area contributed by atoms with Crippen molar-refractivity contribution in [1.82, 2.24) is 21.3 Å². The monoisotopic (exact) mass is 1150 g/mol. The van der Waals surface area contributed by atoms with Gasteiger partial charge in [-0.05, 0) is 150 Å². The maximum absolute atomic E-state index is 14.6. The number of unbranched alkanes of at least 4 members (excludes halogenated alkanes) is 4. The molecule has 0 aliphatic carbocycles. The number of rotatable bonds is 55. The highest BCUT2D eigenvalue weighted by Crippen LogP contribution is 2.31. The predicted octanol–water partition coefficient (Wildman–Crippen LogP) is 18.0. The maximum atomic E-state index is 14.6. The van der Waals surface area contributed by atoms with Crippen molar-refractivity contribution >= 4 is 70.0 Å². The first-order chi connectivity index (χ1) is 36.9. The summed E-state index contributed by atoms with van der Waals surface area (Å²) in [7, 11) is 0. The van der Waals surface area contributed by atoms with Crippen LogP contribution in [0.2, 0.25) is 0 Å². The van der Waals surface area contributed by atoms with Crippen LogP contribution in [-0.4, -0.2) is 73.3 Å². The molecule has 0 bridgehead atoms. The average molecular weight is 1150 g/mol. The van der Waals surface area contributed by atoms with E-state index in [2.05, 4.69) is 76.7 Å². The molecule has 0 fully saturated rings. The summed E-state index contributed by atoms with van der Waals surface area (Å²) in [4.78, 5) is 57.4. The second-order valence-electron chi connectivity index (χ2n) is 23.5. The SMILES string of the molecule is CCCCC(CC)CC(CCCl)CCCNC(=O)CC(C(=O)NCCCC(CCCl)CC(CC)CCCC)C(CC(=O)NCCCC(CCCl)CC(CC)CCCC)C(=O)NCCCC(CCCl)CC(CC)CCCC. The Morgan fingerprint density at radius 3 is 0.737 bits per heavy atom. The molecule has 10 unspecified atom stereocenters. The van der Waals surface area contributed by atoms with Crippen LogP contribution in [0.4, 0.5) is 0 Å². The molecule has 0 spiro atoms. The fourth-order valence-corrected chi connectivity index (χ4v) is 13.3. The van der Waals surface area contributed by atoms with Crippen molar-refractivity contribution in [1.29, 1.82) is 0 Å². The number of amides is 4. The van der Waals surface area contributed by atoms with Gasteiger partial charge >= 0.3 is 0 Å². The van der Waals surface area contributed by atoms with E-state index in [1.807, 2.05) is 0 Å². The van der Waals surface area contributed by atoms with E-state index in [0.717, 1.165) is 116 Å². The van der Waals surface area contributed by atoms with Crippen LogP contribution in [0.25, 0.3) is 0 Å². The lowest BCUT2D eigenvalue weighted by molar-refractivity contribution is -0.140. The van der Waals surface area contributed by atoms with Gasteiger partial charge in [0.05, 0.1) is 11.8 Å². The largest absolute Gasteiger partial charge is 0.356 e. The smallest absolute Gasteiger partial charge is 0.224 e. The van der Waals surface area contributed by atoms with Crippen LogP contribution in [-0.2, 0) is 19.2 Å². The molecule has 76 heavy (non-hydrogen) atoms. The molecule has 8 nitrogen and oxygen atoms in total. The Morgan fingerprint density at radius 2 is 0.526 bits per heavy atom. The molecular formula is C64H122Cl4N4O4.